The van der Waals surface area contributed by atoms with Crippen LogP contribution >= 0.6 is 11.3 Å². The molecule has 1 aliphatic rings. The van der Waals surface area contributed by atoms with Crippen molar-refractivity contribution in [1.82, 2.24) is 10.2 Å². The Morgan fingerprint density at radius 2 is 1.73 bits per heavy atom. The van der Waals surface area contributed by atoms with Gasteiger partial charge in [-0.1, -0.05) is 11.3 Å². The van der Waals surface area contributed by atoms with Crippen molar-refractivity contribution in [3.8, 4) is 0 Å². The molecule has 0 radical (unpaired) electrons. The van der Waals surface area contributed by atoms with Gasteiger partial charge in [0.1, 0.15) is 5.51 Å². The molecule has 1 fully saturated rings. The summed E-state index contributed by atoms with van der Waals surface area (Å²) in [6, 6.07) is 5.51. The fraction of sp³-hybridized carbons (Fsp3) is 0.167. The maximum atomic E-state index is 12.1. The predicted octanol–water partition coefficient (Wildman–Crippen LogP) is 0.992. The van der Waals surface area contributed by atoms with E-state index in [1.54, 1.807) is 0 Å². The molecule has 22 heavy (non-hydrogen) atoms. The van der Waals surface area contributed by atoms with Gasteiger partial charge >= 0.3 is 0 Å². The van der Waals surface area contributed by atoms with Crippen molar-refractivity contribution in [1.29, 1.82) is 0 Å². The van der Waals surface area contributed by atoms with E-state index in [-0.39, 0.29) is 34.7 Å². The van der Waals surface area contributed by atoms with E-state index >= 15 is 0 Å². The molecule has 8 nitrogen and oxygen atoms in total. The third kappa shape index (κ3) is 2.70. The third-order valence-electron chi connectivity index (χ3n) is 3.04. The van der Waals surface area contributed by atoms with Gasteiger partial charge in [0.25, 0.3) is 10.0 Å². The van der Waals surface area contributed by atoms with Crippen LogP contribution in [-0.4, -0.2) is 30.4 Å². The SMILES string of the molecule is O=C1CCC(=O)N1c1ccc(S(=O)(=O)Nc2nncs2)cc1. The summed E-state index contributed by atoms with van der Waals surface area (Å²) in [6.07, 6.45) is 0.356. The standard InChI is InChI=1S/C12H10N4O4S2/c17-10-5-6-11(18)16(10)8-1-3-9(4-2-8)22(19,20)15-12-14-13-7-21-12/h1-4,7H,5-6H2,(H,14,15). The van der Waals surface area contributed by atoms with E-state index in [1.165, 1.54) is 29.8 Å². The summed E-state index contributed by atoms with van der Waals surface area (Å²) < 4.78 is 26.6. The lowest BCUT2D eigenvalue weighted by Crippen LogP contribution is -2.28. The molecule has 2 aromatic rings. The lowest BCUT2D eigenvalue weighted by Gasteiger charge is -2.14. The van der Waals surface area contributed by atoms with Gasteiger partial charge in [-0.2, -0.15) is 0 Å². The monoisotopic (exact) mass is 338 g/mol. The molecular weight excluding hydrogens is 328 g/mol. The molecule has 0 saturated carbocycles. The minimum Gasteiger partial charge on any atom is -0.274 e. The van der Waals surface area contributed by atoms with Crippen LogP contribution in [0.1, 0.15) is 12.8 Å². The molecule has 2 amide bonds. The molecule has 1 aromatic carbocycles. The smallest absolute Gasteiger partial charge is 0.263 e. The Hall–Kier alpha value is -2.33. The van der Waals surface area contributed by atoms with E-state index in [1.807, 2.05) is 0 Å². The van der Waals surface area contributed by atoms with Crippen LogP contribution in [0, 0.1) is 0 Å². The van der Waals surface area contributed by atoms with Crippen LogP contribution in [0.5, 0.6) is 0 Å². The number of amides is 2. The highest BCUT2D eigenvalue weighted by Crippen LogP contribution is 2.24. The summed E-state index contributed by atoms with van der Waals surface area (Å²) in [5, 5.41) is 7.31. The Morgan fingerprint density at radius 1 is 1.09 bits per heavy atom. The number of anilines is 2. The van der Waals surface area contributed by atoms with Crippen LogP contribution in [0.15, 0.2) is 34.7 Å². The number of nitrogens with zero attached hydrogens (tertiary/aromatic N) is 3. The second-order valence-electron chi connectivity index (χ2n) is 4.47. The molecular formula is C12H10N4O4S2. The summed E-state index contributed by atoms with van der Waals surface area (Å²) in [4.78, 5) is 24.3. The van der Waals surface area contributed by atoms with Crippen LogP contribution in [0.25, 0.3) is 0 Å². The normalized spacial score (nSPS) is 15.4. The van der Waals surface area contributed by atoms with Crippen molar-refractivity contribution in [3.05, 3.63) is 29.8 Å². The molecule has 3 rings (SSSR count). The number of carbonyl (C=O) groups excluding carboxylic acids is 2. The highest BCUT2D eigenvalue weighted by Gasteiger charge is 2.30. The van der Waals surface area contributed by atoms with Gasteiger partial charge in [-0.15, -0.1) is 10.2 Å². The molecule has 1 aromatic heterocycles. The Morgan fingerprint density at radius 3 is 2.27 bits per heavy atom. The van der Waals surface area contributed by atoms with Gasteiger partial charge < -0.3 is 0 Å². The van der Waals surface area contributed by atoms with Gasteiger partial charge in [-0.25, -0.2) is 8.42 Å². The molecule has 10 heteroatoms. The van der Waals surface area contributed by atoms with Crippen molar-refractivity contribution < 1.29 is 18.0 Å². The molecule has 0 atom stereocenters. The zero-order valence-corrected chi connectivity index (χ0v) is 12.7. The number of imide groups is 1. The van der Waals surface area contributed by atoms with E-state index in [2.05, 4.69) is 14.9 Å². The lowest BCUT2D eigenvalue weighted by atomic mass is 10.3. The first-order valence-electron chi connectivity index (χ1n) is 6.22. The molecule has 1 aliphatic heterocycles. The second-order valence-corrected chi connectivity index (χ2v) is 6.98. The zero-order chi connectivity index (χ0) is 15.7. The molecule has 114 valence electrons. The predicted molar refractivity (Wildman–Crippen MR) is 78.9 cm³/mol. The van der Waals surface area contributed by atoms with Gasteiger partial charge in [-0.05, 0) is 24.3 Å². The number of sulfonamides is 1. The van der Waals surface area contributed by atoms with Crippen LogP contribution < -0.4 is 9.62 Å². The van der Waals surface area contributed by atoms with Gasteiger partial charge in [0.05, 0.1) is 10.6 Å². The largest absolute Gasteiger partial charge is 0.274 e. The van der Waals surface area contributed by atoms with Gasteiger partial charge in [0.15, 0.2) is 0 Å². The summed E-state index contributed by atoms with van der Waals surface area (Å²) in [7, 11) is -3.78. The van der Waals surface area contributed by atoms with Crippen molar-refractivity contribution in [3.63, 3.8) is 0 Å². The fourth-order valence-electron chi connectivity index (χ4n) is 2.03. The van der Waals surface area contributed by atoms with E-state index < -0.39 is 10.0 Å². The summed E-state index contributed by atoms with van der Waals surface area (Å²) >= 11 is 1.06. The average Bonchev–Trinajstić information content (AvgIpc) is 3.09. The quantitative estimate of drug-likeness (QED) is 0.833. The number of aromatic nitrogens is 2. The summed E-state index contributed by atoms with van der Waals surface area (Å²) in [5.74, 6) is -0.569. The molecule has 1 saturated heterocycles. The Labute approximate surface area is 129 Å². The van der Waals surface area contributed by atoms with Crippen LogP contribution in [0.4, 0.5) is 10.8 Å². The minimum absolute atomic E-state index is 0.00513. The average molecular weight is 338 g/mol. The van der Waals surface area contributed by atoms with E-state index in [0.29, 0.717) is 5.69 Å². The number of nitrogens with one attached hydrogen (secondary N) is 1. The molecule has 2 heterocycles. The highest BCUT2D eigenvalue weighted by molar-refractivity contribution is 7.93. The van der Waals surface area contributed by atoms with Crippen molar-refractivity contribution >= 4 is 44.0 Å². The maximum Gasteiger partial charge on any atom is 0.263 e. The zero-order valence-electron chi connectivity index (χ0n) is 11.1. The second kappa shape index (κ2) is 5.46. The van der Waals surface area contributed by atoms with E-state index in [0.717, 1.165) is 16.2 Å². The molecule has 0 unspecified atom stereocenters. The number of hydrogen-bond donors (Lipinski definition) is 1. The number of carbonyl (C=O) groups is 2. The Bertz CT molecular complexity index is 799. The van der Waals surface area contributed by atoms with Crippen LogP contribution in [0.3, 0.4) is 0 Å². The first kappa shape index (κ1) is 14.6. The highest BCUT2D eigenvalue weighted by atomic mass is 32.2. The van der Waals surface area contributed by atoms with Gasteiger partial charge in [0, 0.05) is 12.8 Å². The number of rotatable bonds is 4. The number of benzene rings is 1. The summed E-state index contributed by atoms with van der Waals surface area (Å²) in [6.45, 7) is 0. The van der Waals surface area contributed by atoms with E-state index in [4.69, 9.17) is 0 Å². The van der Waals surface area contributed by atoms with Crippen molar-refractivity contribution in [2.45, 2.75) is 17.7 Å². The molecule has 1 N–H and O–H groups in total. The molecule has 0 bridgehead atoms. The molecule has 0 aliphatic carbocycles. The Kier molecular flexibility index (Phi) is 3.62. The van der Waals surface area contributed by atoms with Crippen LogP contribution in [-0.2, 0) is 19.6 Å². The Balaban J connectivity index is 1.85. The van der Waals surface area contributed by atoms with Gasteiger partial charge in [0.2, 0.25) is 16.9 Å². The maximum absolute atomic E-state index is 12.1. The van der Waals surface area contributed by atoms with E-state index in [9.17, 15) is 18.0 Å². The lowest BCUT2D eigenvalue weighted by molar-refractivity contribution is -0.121. The van der Waals surface area contributed by atoms with Crippen molar-refractivity contribution in [2.24, 2.45) is 0 Å². The third-order valence-corrected chi connectivity index (χ3v) is 5.13. The number of hydrogen-bond acceptors (Lipinski definition) is 7. The first-order chi connectivity index (χ1) is 10.5. The molecule has 0 spiro atoms. The summed E-state index contributed by atoms with van der Waals surface area (Å²) in [5.41, 5.74) is 1.77. The topological polar surface area (TPSA) is 109 Å². The van der Waals surface area contributed by atoms with Gasteiger partial charge in [-0.3, -0.25) is 19.2 Å². The minimum atomic E-state index is -3.78. The fourth-order valence-corrected chi connectivity index (χ4v) is 3.72. The van der Waals surface area contributed by atoms with Crippen molar-refractivity contribution in [2.75, 3.05) is 9.62 Å². The first-order valence-corrected chi connectivity index (χ1v) is 8.58. The van der Waals surface area contributed by atoms with Crippen LogP contribution in [0.2, 0.25) is 0 Å².